The molecule has 1 aliphatic heterocycles. The second-order valence-electron chi connectivity index (χ2n) is 6.65. The summed E-state index contributed by atoms with van der Waals surface area (Å²) in [4.78, 5) is 1.44. The van der Waals surface area contributed by atoms with E-state index in [2.05, 4.69) is 0 Å². The molecule has 2 unspecified atom stereocenters. The molecule has 20 heavy (non-hydrogen) atoms. The van der Waals surface area contributed by atoms with Gasteiger partial charge in [-0.25, -0.2) is 0 Å². The summed E-state index contributed by atoms with van der Waals surface area (Å²) >= 11 is 0. The van der Waals surface area contributed by atoms with Crippen molar-refractivity contribution in [2.75, 3.05) is 26.3 Å². The maximum atomic E-state index is 13.4. The third kappa shape index (κ3) is 5.58. The van der Waals surface area contributed by atoms with Gasteiger partial charge in [0.1, 0.15) is 6.04 Å². The van der Waals surface area contributed by atoms with Crippen molar-refractivity contribution >= 4 is 0 Å². The highest BCUT2D eigenvalue weighted by Gasteiger charge is 2.50. The average molecular weight is 297 g/mol. The van der Waals surface area contributed by atoms with Crippen molar-refractivity contribution < 1.29 is 23.0 Å². The highest BCUT2D eigenvalue weighted by molar-refractivity contribution is 4.90. The van der Waals surface area contributed by atoms with E-state index in [0.717, 1.165) is 0 Å². The van der Waals surface area contributed by atoms with Crippen LogP contribution < -0.4 is 0 Å². The first-order chi connectivity index (χ1) is 9.15. The topological polar surface area (TPSA) is 32.7 Å². The molecule has 3 nitrogen and oxygen atoms in total. The molecular weight excluding hydrogens is 271 g/mol. The van der Waals surface area contributed by atoms with Gasteiger partial charge in [0.05, 0.1) is 6.10 Å². The summed E-state index contributed by atoms with van der Waals surface area (Å²) in [5.74, 6) is 0. The van der Waals surface area contributed by atoms with Gasteiger partial charge < -0.3 is 9.84 Å². The van der Waals surface area contributed by atoms with Crippen LogP contribution in [0.2, 0.25) is 0 Å². The summed E-state index contributed by atoms with van der Waals surface area (Å²) in [7, 11) is 0. The highest BCUT2D eigenvalue weighted by atomic mass is 19.4. The van der Waals surface area contributed by atoms with E-state index in [9.17, 15) is 13.2 Å². The van der Waals surface area contributed by atoms with Crippen molar-refractivity contribution in [3.63, 3.8) is 0 Å². The first-order valence-corrected chi connectivity index (χ1v) is 7.18. The molecule has 0 aromatic carbocycles. The molecule has 1 aliphatic rings. The molecule has 120 valence electrons. The van der Waals surface area contributed by atoms with E-state index in [4.69, 9.17) is 9.84 Å². The lowest BCUT2D eigenvalue weighted by Crippen LogP contribution is -2.55. The highest BCUT2D eigenvalue weighted by Crippen LogP contribution is 2.34. The Bertz CT molecular complexity index is 283. The Kier molecular flexibility index (Phi) is 6.28. The number of ether oxygens (including phenoxy) is 1. The van der Waals surface area contributed by atoms with Gasteiger partial charge in [-0.1, -0.05) is 20.8 Å². The van der Waals surface area contributed by atoms with Crippen LogP contribution in [0, 0.1) is 5.41 Å². The molecule has 1 rings (SSSR count). The molecule has 0 aliphatic carbocycles. The van der Waals surface area contributed by atoms with E-state index < -0.39 is 18.3 Å². The first-order valence-electron chi connectivity index (χ1n) is 7.18. The fourth-order valence-corrected chi connectivity index (χ4v) is 2.70. The Hall–Kier alpha value is -0.330. The number of hydrogen-bond acceptors (Lipinski definition) is 3. The Morgan fingerprint density at radius 1 is 1.30 bits per heavy atom. The third-order valence-electron chi connectivity index (χ3n) is 3.33. The molecule has 1 heterocycles. The number of hydrogen-bond donors (Lipinski definition) is 1. The van der Waals surface area contributed by atoms with Crippen molar-refractivity contribution in [1.29, 1.82) is 0 Å². The molecule has 0 aromatic rings. The van der Waals surface area contributed by atoms with Crippen molar-refractivity contribution in [2.24, 2.45) is 5.41 Å². The Morgan fingerprint density at radius 2 is 1.95 bits per heavy atom. The molecule has 0 saturated carbocycles. The number of halogens is 3. The predicted octanol–water partition coefficient (Wildman–Crippen LogP) is 2.83. The predicted molar refractivity (Wildman–Crippen MR) is 71.5 cm³/mol. The van der Waals surface area contributed by atoms with Crippen LogP contribution in [0.1, 0.15) is 40.0 Å². The van der Waals surface area contributed by atoms with Crippen LogP contribution in [0.3, 0.4) is 0 Å². The zero-order chi connectivity index (χ0) is 15.4. The largest absolute Gasteiger partial charge is 0.406 e. The molecule has 2 atom stereocenters. The van der Waals surface area contributed by atoms with Gasteiger partial charge in [0.25, 0.3) is 0 Å². The third-order valence-corrected chi connectivity index (χ3v) is 3.33. The smallest absolute Gasteiger partial charge is 0.396 e. The molecule has 0 amide bonds. The normalized spacial score (nSPS) is 22.5. The van der Waals surface area contributed by atoms with Gasteiger partial charge in [-0.05, 0) is 24.7 Å². The average Bonchev–Trinajstić information content (AvgIpc) is 2.75. The van der Waals surface area contributed by atoms with E-state index in [0.29, 0.717) is 32.4 Å². The summed E-state index contributed by atoms with van der Waals surface area (Å²) in [6.07, 6.45) is -3.62. The molecule has 1 saturated heterocycles. The summed E-state index contributed by atoms with van der Waals surface area (Å²) in [5, 5.41) is 8.92. The number of alkyl halides is 3. The fourth-order valence-electron chi connectivity index (χ4n) is 2.70. The summed E-state index contributed by atoms with van der Waals surface area (Å²) in [6.45, 7) is 6.62. The monoisotopic (exact) mass is 297 g/mol. The van der Waals surface area contributed by atoms with Gasteiger partial charge in [-0.3, -0.25) is 4.90 Å². The van der Waals surface area contributed by atoms with E-state index in [1.165, 1.54) is 4.90 Å². The van der Waals surface area contributed by atoms with Gasteiger partial charge in [-0.2, -0.15) is 13.2 Å². The summed E-state index contributed by atoms with van der Waals surface area (Å²) in [6, 6.07) is -1.57. The van der Waals surface area contributed by atoms with Crippen LogP contribution in [0.25, 0.3) is 0 Å². The van der Waals surface area contributed by atoms with E-state index in [1.807, 2.05) is 20.8 Å². The van der Waals surface area contributed by atoms with Crippen molar-refractivity contribution in [2.45, 2.75) is 58.4 Å². The molecule has 6 heteroatoms. The number of aliphatic hydroxyl groups excluding tert-OH is 1. The van der Waals surface area contributed by atoms with Crippen LogP contribution >= 0.6 is 0 Å². The summed E-state index contributed by atoms with van der Waals surface area (Å²) in [5.41, 5.74) is -0.239. The van der Waals surface area contributed by atoms with Crippen LogP contribution in [-0.4, -0.2) is 54.6 Å². The molecule has 1 fully saturated rings. The first kappa shape index (κ1) is 17.7. The lowest BCUT2D eigenvalue weighted by atomic mass is 9.93. The lowest BCUT2D eigenvalue weighted by Gasteiger charge is -2.39. The van der Waals surface area contributed by atoms with Crippen molar-refractivity contribution in [1.82, 2.24) is 4.90 Å². The molecule has 1 N–H and O–H groups in total. The van der Waals surface area contributed by atoms with E-state index >= 15 is 0 Å². The number of rotatable bonds is 6. The van der Waals surface area contributed by atoms with Gasteiger partial charge in [0, 0.05) is 26.3 Å². The lowest BCUT2D eigenvalue weighted by molar-refractivity contribution is -0.212. The fraction of sp³-hybridized carbons (Fsp3) is 1.00. The van der Waals surface area contributed by atoms with Gasteiger partial charge >= 0.3 is 6.18 Å². The van der Waals surface area contributed by atoms with Crippen LogP contribution in [-0.2, 0) is 4.74 Å². The SMILES string of the molecule is CC(C)(C)CN(CCCO)C(C1CCCO1)C(F)(F)F. The van der Waals surface area contributed by atoms with Crippen molar-refractivity contribution in [3.8, 4) is 0 Å². The van der Waals surface area contributed by atoms with Crippen molar-refractivity contribution in [3.05, 3.63) is 0 Å². The quantitative estimate of drug-likeness (QED) is 0.818. The van der Waals surface area contributed by atoms with Crippen LogP contribution in [0.5, 0.6) is 0 Å². The number of nitrogens with zero attached hydrogens (tertiary/aromatic N) is 1. The minimum atomic E-state index is -4.31. The van der Waals surface area contributed by atoms with Crippen LogP contribution in [0.15, 0.2) is 0 Å². The van der Waals surface area contributed by atoms with Gasteiger partial charge in [-0.15, -0.1) is 0 Å². The maximum Gasteiger partial charge on any atom is 0.406 e. The minimum Gasteiger partial charge on any atom is -0.396 e. The second kappa shape index (κ2) is 7.09. The number of aliphatic hydroxyl groups is 1. The maximum absolute atomic E-state index is 13.4. The Morgan fingerprint density at radius 3 is 2.35 bits per heavy atom. The summed E-state index contributed by atoms with van der Waals surface area (Å²) < 4.78 is 45.6. The zero-order valence-electron chi connectivity index (χ0n) is 12.5. The minimum absolute atomic E-state index is 0.100. The standard InChI is InChI=1S/C14H26F3NO2/c1-13(2,3)10-18(7-5-8-19)12(14(15,16)17)11-6-4-9-20-11/h11-12,19H,4-10H2,1-3H3. The molecule has 0 radical (unpaired) electrons. The van der Waals surface area contributed by atoms with Crippen LogP contribution in [0.4, 0.5) is 13.2 Å². The molecular formula is C14H26F3NO2. The van der Waals surface area contributed by atoms with Gasteiger partial charge in [0.15, 0.2) is 0 Å². The second-order valence-corrected chi connectivity index (χ2v) is 6.65. The molecule has 0 aromatic heterocycles. The van der Waals surface area contributed by atoms with E-state index in [1.54, 1.807) is 0 Å². The zero-order valence-corrected chi connectivity index (χ0v) is 12.5. The Labute approximate surface area is 119 Å². The molecule has 0 bridgehead atoms. The van der Waals surface area contributed by atoms with Gasteiger partial charge in [0.2, 0.25) is 0 Å². The molecule has 0 spiro atoms. The van der Waals surface area contributed by atoms with E-state index in [-0.39, 0.29) is 18.6 Å². The Balaban J connectivity index is 2.89.